The van der Waals surface area contributed by atoms with Gasteiger partial charge in [-0.3, -0.25) is 24.6 Å². The molecule has 1 heterocycles. The Morgan fingerprint density at radius 2 is 1.76 bits per heavy atom. The van der Waals surface area contributed by atoms with Gasteiger partial charge in [0.2, 0.25) is 5.91 Å². The molecular formula is C26H32N4O4. The van der Waals surface area contributed by atoms with Crippen molar-refractivity contribution in [2.45, 2.75) is 45.2 Å². The zero-order valence-electron chi connectivity index (χ0n) is 19.6. The molecule has 34 heavy (non-hydrogen) atoms. The lowest BCUT2D eigenvalue weighted by molar-refractivity contribution is -0.384. The highest BCUT2D eigenvalue weighted by atomic mass is 16.6. The Morgan fingerprint density at radius 3 is 2.44 bits per heavy atom. The van der Waals surface area contributed by atoms with Crippen molar-refractivity contribution in [3.63, 3.8) is 0 Å². The maximum Gasteiger partial charge on any atom is 0.270 e. The van der Waals surface area contributed by atoms with E-state index in [0.717, 1.165) is 31.2 Å². The third-order valence-corrected chi connectivity index (χ3v) is 6.96. The second-order valence-corrected chi connectivity index (χ2v) is 9.33. The summed E-state index contributed by atoms with van der Waals surface area (Å²) in [5.74, 6) is 0.188. The fourth-order valence-electron chi connectivity index (χ4n) is 5.21. The fourth-order valence-corrected chi connectivity index (χ4v) is 5.21. The summed E-state index contributed by atoms with van der Waals surface area (Å²) in [4.78, 5) is 40.8. The predicted molar refractivity (Wildman–Crippen MR) is 129 cm³/mol. The quantitative estimate of drug-likeness (QED) is 0.500. The molecule has 2 aromatic rings. The molecule has 8 heteroatoms. The maximum absolute atomic E-state index is 13.3. The molecule has 2 aliphatic rings. The van der Waals surface area contributed by atoms with Gasteiger partial charge < -0.3 is 10.2 Å². The van der Waals surface area contributed by atoms with E-state index in [0.29, 0.717) is 44.2 Å². The molecule has 0 aromatic heterocycles. The topological polar surface area (TPSA) is 95.8 Å². The van der Waals surface area contributed by atoms with Gasteiger partial charge in [-0.2, -0.15) is 0 Å². The second-order valence-electron chi connectivity index (χ2n) is 9.33. The number of hydrogen-bond acceptors (Lipinski definition) is 5. The number of piperazine rings is 1. The summed E-state index contributed by atoms with van der Waals surface area (Å²) in [6.45, 7) is 4.77. The van der Waals surface area contributed by atoms with Crippen molar-refractivity contribution in [3.05, 3.63) is 75.3 Å². The molecule has 8 nitrogen and oxygen atoms in total. The minimum Gasteiger partial charge on any atom is -0.351 e. The SMILES string of the molecule is Cc1cccc(CNC(=O)C(C2CCCC2)N2CCN(C(=O)c3cccc([N+](=O)[O-])c3)CC2)c1. The van der Waals surface area contributed by atoms with E-state index in [2.05, 4.69) is 16.3 Å². The molecule has 4 rings (SSSR count). The van der Waals surface area contributed by atoms with Crippen LogP contribution < -0.4 is 5.32 Å². The summed E-state index contributed by atoms with van der Waals surface area (Å²) in [5.41, 5.74) is 2.50. The number of nitro groups is 1. The Morgan fingerprint density at radius 1 is 1.06 bits per heavy atom. The number of hydrogen-bond donors (Lipinski definition) is 1. The van der Waals surface area contributed by atoms with Crippen LogP contribution in [0, 0.1) is 23.0 Å². The maximum atomic E-state index is 13.3. The van der Waals surface area contributed by atoms with Crippen LogP contribution in [0.3, 0.4) is 0 Å². The molecule has 0 radical (unpaired) electrons. The molecule has 1 saturated carbocycles. The number of carbonyl (C=O) groups excluding carboxylic acids is 2. The highest BCUT2D eigenvalue weighted by molar-refractivity contribution is 5.95. The first-order chi connectivity index (χ1) is 16.4. The molecule has 1 saturated heterocycles. The zero-order valence-corrected chi connectivity index (χ0v) is 19.6. The lowest BCUT2D eigenvalue weighted by Crippen LogP contribution is -2.57. The summed E-state index contributed by atoms with van der Waals surface area (Å²) >= 11 is 0. The van der Waals surface area contributed by atoms with Crippen LogP contribution in [0.2, 0.25) is 0 Å². The van der Waals surface area contributed by atoms with Gasteiger partial charge in [0.1, 0.15) is 0 Å². The highest BCUT2D eigenvalue weighted by Gasteiger charge is 2.37. The Balaban J connectivity index is 1.39. The normalized spacial score (nSPS) is 18.0. The van der Waals surface area contributed by atoms with E-state index in [9.17, 15) is 19.7 Å². The number of carbonyl (C=O) groups is 2. The van der Waals surface area contributed by atoms with E-state index < -0.39 is 4.92 Å². The van der Waals surface area contributed by atoms with Gasteiger partial charge in [0.05, 0.1) is 11.0 Å². The number of amides is 2. The van der Waals surface area contributed by atoms with Gasteiger partial charge in [0.15, 0.2) is 0 Å². The smallest absolute Gasteiger partial charge is 0.270 e. The van der Waals surface area contributed by atoms with Crippen LogP contribution in [0.25, 0.3) is 0 Å². The van der Waals surface area contributed by atoms with E-state index >= 15 is 0 Å². The number of non-ortho nitro benzene ring substituents is 1. The second kappa shape index (κ2) is 10.8. The van der Waals surface area contributed by atoms with Gasteiger partial charge in [-0.15, -0.1) is 0 Å². The Kier molecular flexibility index (Phi) is 7.57. The highest BCUT2D eigenvalue weighted by Crippen LogP contribution is 2.31. The molecule has 2 aromatic carbocycles. The van der Waals surface area contributed by atoms with Gasteiger partial charge in [0, 0.05) is 50.4 Å². The minimum atomic E-state index is -0.490. The summed E-state index contributed by atoms with van der Waals surface area (Å²) in [5, 5.41) is 14.2. The van der Waals surface area contributed by atoms with Crippen molar-refractivity contribution in [3.8, 4) is 0 Å². The molecule has 2 fully saturated rings. The van der Waals surface area contributed by atoms with Crippen LogP contribution in [-0.2, 0) is 11.3 Å². The van der Waals surface area contributed by atoms with Crippen LogP contribution in [0.15, 0.2) is 48.5 Å². The van der Waals surface area contributed by atoms with E-state index in [1.165, 1.54) is 23.8 Å². The number of nitrogens with zero attached hydrogens (tertiary/aromatic N) is 3. The molecule has 2 amide bonds. The number of benzene rings is 2. The molecule has 0 bridgehead atoms. The van der Waals surface area contributed by atoms with Crippen LogP contribution in [0.5, 0.6) is 0 Å². The minimum absolute atomic E-state index is 0.0619. The first kappa shape index (κ1) is 23.9. The van der Waals surface area contributed by atoms with E-state index in [1.54, 1.807) is 11.0 Å². The lowest BCUT2D eigenvalue weighted by Gasteiger charge is -2.40. The van der Waals surface area contributed by atoms with Crippen molar-refractivity contribution >= 4 is 17.5 Å². The van der Waals surface area contributed by atoms with Gasteiger partial charge in [-0.25, -0.2) is 0 Å². The summed E-state index contributed by atoms with van der Waals surface area (Å²) in [7, 11) is 0. The predicted octanol–water partition coefficient (Wildman–Crippen LogP) is 3.54. The van der Waals surface area contributed by atoms with Gasteiger partial charge in [-0.1, -0.05) is 48.7 Å². The van der Waals surface area contributed by atoms with Crippen LogP contribution in [0.4, 0.5) is 5.69 Å². The molecule has 180 valence electrons. The molecule has 0 spiro atoms. The number of rotatable bonds is 7. The van der Waals surface area contributed by atoms with Gasteiger partial charge >= 0.3 is 0 Å². The average molecular weight is 465 g/mol. The Bertz CT molecular complexity index is 1040. The van der Waals surface area contributed by atoms with E-state index in [1.807, 2.05) is 25.1 Å². The summed E-state index contributed by atoms with van der Waals surface area (Å²) in [6, 6.07) is 13.8. The first-order valence-electron chi connectivity index (χ1n) is 12.0. The third kappa shape index (κ3) is 5.62. The first-order valence-corrected chi connectivity index (χ1v) is 12.0. The zero-order chi connectivity index (χ0) is 24.1. The Labute approximate surface area is 200 Å². The van der Waals surface area contributed by atoms with Crippen molar-refractivity contribution in [1.29, 1.82) is 0 Å². The average Bonchev–Trinajstić information content (AvgIpc) is 3.37. The molecule has 1 aliphatic heterocycles. The van der Waals surface area contributed by atoms with Crippen molar-refractivity contribution in [2.24, 2.45) is 5.92 Å². The summed E-state index contributed by atoms with van der Waals surface area (Å²) in [6.07, 6.45) is 4.40. The number of nitrogens with one attached hydrogen (secondary N) is 1. The van der Waals surface area contributed by atoms with Crippen molar-refractivity contribution in [2.75, 3.05) is 26.2 Å². The number of nitro benzene ring substituents is 1. The van der Waals surface area contributed by atoms with Crippen LogP contribution in [0.1, 0.15) is 47.2 Å². The van der Waals surface area contributed by atoms with E-state index in [4.69, 9.17) is 0 Å². The molecule has 1 aliphatic carbocycles. The monoisotopic (exact) mass is 464 g/mol. The van der Waals surface area contributed by atoms with Crippen LogP contribution in [-0.4, -0.2) is 58.8 Å². The van der Waals surface area contributed by atoms with Gasteiger partial charge in [-0.05, 0) is 37.3 Å². The van der Waals surface area contributed by atoms with E-state index in [-0.39, 0.29) is 23.5 Å². The van der Waals surface area contributed by atoms with Crippen molar-refractivity contribution < 1.29 is 14.5 Å². The molecule has 1 unspecified atom stereocenters. The number of aryl methyl sites for hydroxylation is 1. The standard InChI is InChI=1S/C26H32N4O4/c1-19-6-4-7-20(16-19)18-27-25(31)24(21-8-2-3-9-21)28-12-14-29(15-13-28)26(32)22-10-5-11-23(17-22)30(33)34/h4-7,10-11,16-17,21,24H,2-3,8-9,12-15,18H2,1H3,(H,27,31). The lowest BCUT2D eigenvalue weighted by atomic mass is 9.94. The third-order valence-electron chi connectivity index (χ3n) is 6.96. The molecule has 1 N–H and O–H groups in total. The van der Waals surface area contributed by atoms with Crippen LogP contribution >= 0.6 is 0 Å². The summed E-state index contributed by atoms with van der Waals surface area (Å²) < 4.78 is 0. The fraction of sp³-hybridized carbons (Fsp3) is 0.462. The molecular weight excluding hydrogens is 432 g/mol. The Hall–Kier alpha value is -3.26. The molecule has 1 atom stereocenters. The van der Waals surface area contributed by atoms with Gasteiger partial charge in [0.25, 0.3) is 11.6 Å². The largest absolute Gasteiger partial charge is 0.351 e. The van der Waals surface area contributed by atoms with Crippen molar-refractivity contribution in [1.82, 2.24) is 15.1 Å².